The second kappa shape index (κ2) is 3.90. The van der Waals surface area contributed by atoms with Crippen LogP contribution < -0.4 is 5.73 Å². The second-order valence-electron chi connectivity index (χ2n) is 1.74. The van der Waals surface area contributed by atoms with Gasteiger partial charge < -0.3 is 16.9 Å². The van der Waals surface area contributed by atoms with Gasteiger partial charge in [-0.25, -0.2) is 0 Å². The van der Waals surface area contributed by atoms with Gasteiger partial charge in [-0.15, -0.1) is 12.3 Å². The number of ether oxygens (including phenoxy) is 1. The molecule has 1 aliphatic rings. The average molecular weight is 337 g/mol. The molecule has 1 atom stereocenters. The Balaban J connectivity index is 0.000000490. The Kier molecular flexibility index (Phi) is 4.37. The van der Waals surface area contributed by atoms with Crippen LogP contribution in [0.25, 0.3) is 0 Å². The number of hydrogen-bond donors (Lipinski definition) is 1. The Bertz CT molecular complexity index is 63.4. The third-order valence-corrected chi connectivity index (χ3v) is 0.765. The minimum absolute atomic E-state index is 0. The van der Waals surface area contributed by atoms with Crippen molar-refractivity contribution >= 4 is 0 Å². The van der Waals surface area contributed by atoms with Gasteiger partial charge in [0, 0.05) is 0 Å². The molecule has 1 aliphatic carbocycles. The first-order valence-corrected chi connectivity index (χ1v) is 2.38. The summed E-state index contributed by atoms with van der Waals surface area (Å²) in [5, 5.41) is 0. The third kappa shape index (κ3) is 3.91. The molecule has 0 amide bonds. The first-order chi connectivity index (χ1) is 3.29. The quantitative estimate of drug-likeness (QED) is 0.743. The Morgan fingerprint density at radius 3 is 2.50 bits per heavy atom. The van der Waals surface area contributed by atoms with E-state index in [9.17, 15) is 0 Å². The maximum absolute atomic E-state index is 5.21. The summed E-state index contributed by atoms with van der Waals surface area (Å²) < 4.78 is 5.00. The van der Waals surface area contributed by atoms with Crippen molar-refractivity contribution in [2.24, 2.45) is 5.73 Å². The van der Waals surface area contributed by atoms with Gasteiger partial charge in [0.05, 0.1) is 0 Å². The van der Waals surface area contributed by atoms with Gasteiger partial charge in [-0.1, -0.05) is 0 Å². The predicted molar refractivity (Wildman–Crippen MR) is 26.9 cm³/mol. The molecule has 1 saturated carbocycles. The van der Waals surface area contributed by atoms with E-state index in [2.05, 4.69) is 6.42 Å². The van der Waals surface area contributed by atoms with Gasteiger partial charge in [-0.2, -0.15) is 13.3 Å². The monoisotopic (exact) mass is 337 g/mol. The number of rotatable bonds is 2. The molecule has 8 heavy (non-hydrogen) atoms. The summed E-state index contributed by atoms with van der Waals surface area (Å²) in [5.41, 5.74) is 5.21. The minimum Gasteiger partial charge on any atom is -0.560 e. The SMILES string of the molecule is C[C-](N)OC1[CH-]C1.[U+2]. The molecule has 0 saturated heterocycles. The molecular weight excluding hydrogens is 328 g/mol. The summed E-state index contributed by atoms with van der Waals surface area (Å²) in [5.74, 6) is 0. The number of hydrogen-bond acceptors (Lipinski definition) is 2. The smallest absolute Gasteiger partial charge is 0.560 e. The van der Waals surface area contributed by atoms with Gasteiger partial charge in [0.25, 0.3) is 0 Å². The van der Waals surface area contributed by atoms with Crippen LogP contribution in [0.4, 0.5) is 0 Å². The van der Waals surface area contributed by atoms with Crippen molar-refractivity contribution in [3.05, 3.63) is 12.6 Å². The summed E-state index contributed by atoms with van der Waals surface area (Å²) in [6, 6.07) is 0. The van der Waals surface area contributed by atoms with Crippen LogP contribution in [0.1, 0.15) is 13.3 Å². The molecule has 0 spiro atoms. The molecule has 2 nitrogen and oxygen atoms in total. The molecule has 1 rings (SSSR count). The standard InChI is InChI=1S/C5H9NO.U/c1-4(6)7-5-2-3-5;/h2,5H,3,6H2,1H3;/q-2;+2. The van der Waals surface area contributed by atoms with E-state index in [0.29, 0.717) is 12.3 Å². The van der Waals surface area contributed by atoms with Gasteiger partial charge in [-0.05, 0) is 0 Å². The van der Waals surface area contributed by atoms with Crippen LogP contribution in [0, 0.1) is 43.8 Å². The molecule has 2 N–H and O–H groups in total. The molecule has 1 fully saturated rings. The van der Waals surface area contributed by atoms with Gasteiger partial charge in [0.2, 0.25) is 0 Å². The normalized spacial score (nSPS) is 25.1. The van der Waals surface area contributed by atoms with E-state index in [-0.39, 0.29) is 31.1 Å². The summed E-state index contributed by atoms with van der Waals surface area (Å²) in [6.45, 7) is 1.76. The Labute approximate surface area is 73.5 Å². The molecule has 0 aromatic rings. The Morgan fingerprint density at radius 2 is 2.38 bits per heavy atom. The van der Waals surface area contributed by atoms with Crippen LogP contribution in [0.15, 0.2) is 0 Å². The summed E-state index contributed by atoms with van der Waals surface area (Å²) in [7, 11) is 0. The van der Waals surface area contributed by atoms with Crippen LogP contribution >= 0.6 is 0 Å². The van der Waals surface area contributed by atoms with E-state index >= 15 is 0 Å². The van der Waals surface area contributed by atoms with Crippen molar-refractivity contribution in [1.82, 2.24) is 0 Å². The largest absolute Gasteiger partial charge is 2.00 e. The average Bonchev–Trinajstić information content (AvgIpc) is 2.17. The van der Waals surface area contributed by atoms with Crippen molar-refractivity contribution in [3.8, 4) is 0 Å². The molecule has 44 valence electrons. The first-order valence-electron chi connectivity index (χ1n) is 2.38. The molecule has 0 aromatic carbocycles. The van der Waals surface area contributed by atoms with E-state index in [0.717, 1.165) is 6.42 Å². The van der Waals surface area contributed by atoms with Crippen molar-refractivity contribution in [3.63, 3.8) is 0 Å². The topological polar surface area (TPSA) is 35.2 Å². The van der Waals surface area contributed by atoms with Crippen LogP contribution in [0.3, 0.4) is 0 Å². The zero-order chi connectivity index (χ0) is 5.28. The van der Waals surface area contributed by atoms with E-state index in [1.165, 1.54) is 0 Å². The van der Waals surface area contributed by atoms with Crippen LogP contribution in [0.2, 0.25) is 0 Å². The van der Waals surface area contributed by atoms with Crippen molar-refractivity contribution in [2.45, 2.75) is 19.4 Å². The van der Waals surface area contributed by atoms with Gasteiger partial charge in [0.15, 0.2) is 0 Å². The molecule has 3 heteroatoms. The molecule has 0 aliphatic heterocycles. The minimum atomic E-state index is 0. The van der Waals surface area contributed by atoms with Crippen LogP contribution in [0.5, 0.6) is 0 Å². The fourth-order valence-corrected chi connectivity index (χ4v) is 0.391. The van der Waals surface area contributed by atoms with Gasteiger partial charge >= 0.3 is 31.1 Å². The van der Waals surface area contributed by atoms with Crippen LogP contribution in [-0.4, -0.2) is 6.10 Å². The Hall–Kier alpha value is 0.972. The molecule has 0 heterocycles. The fourth-order valence-electron chi connectivity index (χ4n) is 0.391. The van der Waals surface area contributed by atoms with E-state index in [1.807, 2.05) is 0 Å². The molecule has 0 aromatic heterocycles. The molecule has 0 bridgehead atoms. The summed E-state index contributed by atoms with van der Waals surface area (Å²) >= 11 is 0. The summed E-state index contributed by atoms with van der Waals surface area (Å²) in [4.78, 5) is 0. The zero-order valence-electron chi connectivity index (χ0n) is 4.85. The van der Waals surface area contributed by atoms with Crippen LogP contribution in [-0.2, 0) is 4.74 Å². The van der Waals surface area contributed by atoms with Crippen molar-refractivity contribution in [1.29, 1.82) is 0 Å². The first kappa shape index (κ1) is 8.97. The fraction of sp³-hybridized carbons (Fsp3) is 0.600. The van der Waals surface area contributed by atoms with Gasteiger partial charge in [-0.3, -0.25) is 0 Å². The molecule has 0 radical (unpaired) electrons. The van der Waals surface area contributed by atoms with E-state index in [1.54, 1.807) is 6.92 Å². The Morgan fingerprint density at radius 1 is 1.88 bits per heavy atom. The van der Waals surface area contributed by atoms with Gasteiger partial charge in [0.1, 0.15) is 0 Å². The molecule has 1 unspecified atom stereocenters. The van der Waals surface area contributed by atoms with Crippen molar-refractivity contribution < 1.29 is 35.9 Å². The molecular formula is C5H9NOU. The summed E-state index contributed by atoms with van der Waals surface area (Å²) in [6.07, 6.45) is 4.04. The zero-order valence-corrected chi connectivity index (χ0v) is 9.01. The predicted octanol–water partition coefficient (Wildman–Crippen LogP) is 0.448. The maximum atomic E-state index is 5.21. The second-order valence-corrected chi connectivity index (χ2v) is 1.74. The van der Waals surface area contributed by atoms with E-state index < -0.39 is 0 Å². The number of nitrogens with two attached hydrogens (primary N) is 1. The van der Waals surface area contributed by atoms with E-state index in [4.69, 9.17) is 10.5 Å². The third-order valence-electron chi connectivity index (χ3n) is 0.765. The van der Waals surface area contributed by atoms with Crippen molar-refractivity contribution in [2.75, 3.05) is 0 Å². The maximum Gasteiger partial charge on any atom is 2.00 e.